The first-order valence-electron chi connectivity index (χ1n) is 3.56. The summed E-state index contributed by atoms with van der Waals surface area (Å²) in [6.07, 6.45) is 1.22. The molecule has 0 amide bonds. The zero-order valence-electron chi connectivity index (χ0n) is 6.83. The Bertz CT molecular complexity index is 61.5. The molecule has 55 valence electrons. The van der Waals surface area contributed by atoms with E-state index >= 15 is 0 Å². The summed E-state index contributed by atoms with van der Waals surface area (Å²) in [7, 11) is 0. The smallest absolute Gasteiger partial charge is 0.00439 e. The van der Waals surface area contributed by atoms with Gasteiger partial charge in [-0.25, -0.2) is 0 Å². The molecular weight excluding hydrogens is 110 g/mol. The van der Waals surface area contributed by atoms with Crippen molar-refractivity contribution >= 4 is 0 Å². The molecule has 0 fully saturated rings. The summed E-state index contributed by atoms with van der Waals surface area (Å²) in [5, 5.41) is 3.19. The summed E-state index contributed by atoms with van der Waals surface area (Å²) >= 11 is 0. The molecule has 0 bridgehead atoms. The Morgan fingerprint density at radius 3 is 2.22 bits per heavy atom. The van der Waals surface area contributed by atoms with Crippen LogP contribution in [-0.2, 0) is 0 Å². The Labute approximate surface area is 58.8 Å². The van der Waals surface area contributed by atoms with Gasteiger partial charge in [0.15, 0.2) is 0 Å². The highest BCUT2D eigenvalue weighted by Crippen LogP contribution is 2.16. The fraction of sp³-hybridized carbons (Fsp3) is 0.875. The summed E-state index contributed by atoms with van der Waals surface area (Å²) < 4.78 is 0. The van der Waals surface area contributed by atoms with E-state index in [1.54, 1.807) is 0 Å². The van der Waals surface area contributed by atoms with E-state index in [2.05, 4.69) is 33.0 Å². The third kappa shape index (κ3) is 7.96. The molecule has 0 aliphatic heterocycles. The summed E-state index contributed by atoms with van der Waals surface area (Å²) in [4.78, 5) is 0. The molecule has 1 heteroatoms. The van der Waals surface area contributed by atoms with E-state index in [1.165, 1.54) is 6.42 Å². The highest BCUT2D eigenvalue weighted by atomic mass is 14.8. The molecule has 1 N–H and O–H groups in total. The zero-order chi connectivity index (χ0) is 7.33. The van der Waals surface area contributed by atoms with Crippen LogP contribution < -0.4 is 5.32 Å². The first-order valence-corrected chi connectivity index (χ1v) is 3.56. The second-order valence-electron chi connectivity index (χ2n) is 3.56. The van der Waals surface area contributed by atoms with Gasteiger partial charge in [-0.15, -0.1) is 0 Å². The minimum atomic E-state index is 0.460. The van der Waals surface area contributed by atoms with Crippen LogP contribution in [-0.4, -0.2) is 13.1 Å². The van der Waals surface area contributed by atoms with Crippen LogP contribution in [0.2, 0.25) is 0 Å². The Morgan fingerprint density at radius 2 is 1.89 bits per heavy atom. The Balaban J connectivity index is 3.07. The van der Waals surface area contributed by atoms with E-state index in [0.717, 1.165) is 13.1 Å². The van der Waals surface area contributed by atoms with E-state index in [-0.39, 0.29) is 0 Å². The van der Waals surface area contributed by atoms with Gasteiger partial charge in [-0.05, 0) is 31.8 Å². The van der Waals surface area contributed by atoms with Crippen molar-refractivity contribution in [2.24, 2.45) is 5.41 Å². The van der Waals surface area contributed by atoms with Crippen molar-refractivity contribution in [1.82, 2.24) is 5.32 Å². The Kier molecular flexibility index (Phi) is 3.87. The predicted octanol–water partition coefficient (Wildman–Crippen LogP) is 1.85. The fourth-order valence-corrected chi connectivity index (χ4v) is 0.588. The second kappa shape index (κ2) is 3.89. The summed E-state index contributed by atoms with van der Waals surface area (Å²) in [6, 6.07) is 0. The molecule has 0 spiro atoms. The topological polar surface area (TPSA) is 12.0 Å². The van der Waals surface area contributed by atoms with Crippen LogP contribution in [0.1, 0.15) is 27.2 Å². The SMILES string of the molecule is [CH2]CNCCC(C)(C)C. The van der Waals surface area contributed by atoms with Crippen LogP contribution in [0, 0.1) is 12.3 Å². The van der Waals surface area contributed by atoms with Crippen LogP contribution in [0.25, 0.3) is 0 Å². The van der Waals surface area contributed by atoms with Gasteiger partial charge in [0, 0.05) is 0 Å². The van der Waals surface area contributed by atoms with Gasteiger partial charge in [0.25, 0.3) is 0 Å². The standard InChI is InChI=1S/C8H18N/c1-5-9-7-6-8(2,3)4/h9H,1,5-7H2,2-4H3. The molecule has 0 heterocycles. The third-order valence-corrected chi connectivity index (χ3v) is 1.23. The Morgan fingerprint density at radius 1 is 1.33 bits per heavy atom. The first-order chi connectivity index (χ1) is 4.06. The van der Waals surface area contributed by atoms with Crippen molar-refractivity contribution < 1.29 is 0 Å². The normalized spacial score (nSPS) is 12.0. The lowest BCUT2D eigenvalue weighted by atomic mass is 9.92. The molecule has 0 aliphatic rings. The molecule has 0 aromatic heterocycles. The van der Waals surface area contributed by atoms with Crippen LogP contribution in [0.15, 0.2) is 0 Å². The molecule has 0 rings (SSSR count). The van der Waals surface area contributed by atoms with Crippen molar-refractivity contribution in [3.63, 3.8) is 0 Å². The average Bonchev–Trinajstić information content (AvgIpc) is 1.63. The van der Waals surface area contributed by atoms with Crippen molar-refractivity contribution in [3.05, 3.63) is 6.92 Å². The van der Waals surface area contributed by atoms with Crippen molar-refractivity contribution in [2.75, 3.05) is 13.1 Å². The molecule has 0 atom stereocenters. The molecule has 0 aliphatic carbocycles. The molecule has 1 radical (unpaired) electrons. The highest BCUT2D eigenvalue weighted by Gasteiger charge is 2.07. The van der Waals surface area contributed by atoms with Crippen LogP contribution >= 0.6 is 0 Å². The van der Waals surface area contributed by atoms with Crippen LogP contribution in [0.3, 0.4) is 0 Å². The molecule has 9 heavy (non-hydrogen) atoms. The van der Waals surface area contributed by atoms with Crippen molar-refractivity contribution in [2.45, 2.75) is 27.2 Å². The van der Waals surface area contributed by atoms with E-state index < -0.39 is 0 Å². The molecule has 0 saturated carbocycles. The predicted molar refractivity (Wildman–Crippen MR) is 42.3 cm³/mol. The van der Waals surface area contributed by atoms with Crippen LogP contribution in [0.5, 0.6) is 0 Å². The lowest BCUT2D eigenvalue weighted by Gasteiger charge is -2.17. The number of nitrogens with one attached hydrogen (secondary N) is 1. The molecule has 0 unspecified atom stereocenters. The average molecular weight is 128 g/mol. The Hall–Kier alpha value is -0.0400. The minimum absolute atomic E-state index is 0.460. The quantitative estimate of drug-likeness (QED) is 0.572. The van der Waals surface area contributed by atoms with Gasteiger partial charge >= 0.3 is 0 Å². The number of rotatable bonds is 3. The largest absolute Gasteiger partial charge is 0.317 e. The van der Waals surface area contributed by atoms with Crippen LogP contribution in [0.4, 0.5) is 0 Å². The monoisotopic (exact) mass is 128 g/mol. The number of hydrogen-bond acceptors (Lipinski definition) is 1. The molecule has 0 saturated heterocycles. The van der Waals surface area contributed by atoms with Gasteiger partial charge in [-0.3, -0.25) is 0 Å². The lowest BCUT2D eigenvalue weighted by molar-refractivity contribution is 0.370. The molecule has 1 nitrogen and oxygen atoms in total. The molecular formula is C8H18N. The molecule has 0 aromatic rings. The maximum atomic E-state index is 3.69. The summed E-state index contributed by atoms with van der Waals surface area (Å²) in [5.74, 6) is 0. The van der Waals surface area contributed by atoms with Gasteiger partial charge < -0.3 is 5.32 Å². The maximum absolute atomic E-state index is 3.69. The van der Waals surface area contributed by atoms with Crippen molar-refractivity contribution in [1.29, 1.82) is 0 Å². The molecule has 0 aromatic carbocycles. The minimum Gasteiger partial charge on any atom is -0.317 e. The van der Waals surface area contributed by atoms with Gasteiger partial charge in [0.05, 0.1) is 0 Å². The van der Waals surface area contributed by atoms with Gasteiger partial charge in [0.2, 0.25) is 0 Å². The summed E-state index contributed by atoms with van der Waals surface area (Å²) in [6.45, 7) is 12.4. The third-order valence-electron chi connectivity index (χ3n) is 1.23. The summed E-state index contributed by atoms with van der Waals surface area (Å²) in [5.41, 5.74) is 0.460. The fourth-order valence-electron chi connectivity index (χ4n) is 0.588. The highest BCUT2D eigenvalue weighted by molar-refractivity contribution is 4.62. The second-order valence-corrected chi connectivity index (χ2v) is 3.56. The van der Waals surface area contributed by atoms with Gasteiger partial charge in [-0.1, -0.05) is 20.8 Å². The van der Waals surface area contributed by atoms with Crippen molar-refractivity contribution in [3.8, 4) is 0 Å². The van der Waals surface area contributed by atoms with E-state index in [4.69, 9.17) is 0 Å². The van der Waals surface area contributed by atoms with E-state index in [9.17, 15) is 0 Å². The first kappa shape index (κ1) is 8.96. The maximum Gasteiger partial charge on any atom is -0.00439 e. The van der Waals surface area contributed by atoms with Gasteiger partial charge in [-0.2, -0.15) is 0 Å². The number of hydrogen-bond donors (Lipinski definition) is 1. The lowest BCUT2D eigenvalue weighted by Crippen LogP contribution is -2.19. The van der Waals surface area contributed by atoms with Gasteiger partial charge in [0.1, 0.15) is 0 Å². The van der Waals surface area contributed by atoms with E-state index in [0.29, 0.717) is 5.41 Å². The zero-order valence-corrected chi connectivity index (χ0v) is 6.83. The van der Waals surface area contributed by atoms with E-state index in [1.807, 2.05) is 0 Å².